The molecule has 0 bridgehead atoms. The van der Waals surface area contributed by atoms with Crippen molar-refractivity contribution in [3.05, 3.63) is 54.6 Å². The van der Waals surface area contributed by atoms with Gasteiger partial charge in [-0.1, -0.05) is 30.3 Å². The summed E-state index contributed by atoms with van der Waals surface area (Å²) in [7, 11) is 0. The molecule has 1 heterocycles. The fourth-order valence-corrected chi connectivity index (χ4v) is 1.82. The van der Waals surface area contributed by atoms with Crippen LogP contribution < -0.4 is 10.6 Å². The fourth-order valence-electron chi connectivity index (χ4n) is 1.82. The molecule has 1 aromatic carbocycles. The lowest BCUT2D eigenvalue weighted by Gasteiger charge is -2.11. The molecule has 0 aliphatic heterocycles. The van der Waals surface area contributed by atoms with Gasteiger partial charge in [-0.2, -0.15) is 0 Å². The first kappa shape index (κ1) is 14.1. The zero-order valence-electron chi connectivity index (χ0n) is 11.8. The molecule has 0 saturated heterocycles. The molecule has 0 spiro atoms. The average Bonchev–Trinajstić information content (AvgIpc) is 2.99. The number of imidazole rings is 1. The van der Waals surface area contributed by atoms with E-state index >= 15 is 0 Å². The summed E-state index contributed by atoms with van der Waals surface area (Å²) in [5.74, 6) is 0.844. The van der Waals surface area contributed by atoms with Crippen molar-refractivity contribution in [2.24, 2.45) is 4.99 Å². The minimum atomic E-state index is 0.682. The molecule has 2 rings (SSSR count). The van der Waals surface area contributed by atoms with E-state index in [-0.39, 0.29) is 0 Å². The number of hydrogen-bond donors (Lipinski definition) is 2. The van der Waals surface area contributed by atoms with Crippen LogP contribution in [0.1, 0.15) is 12.5 Å². The highest BCUT2D eigenvalue weighted by Gasteiger charge is 1.97. The highest BCUT2D eigenvalue weighted by atomic mass is 15.2. The maximum atomic E-state index is 4.57. The van der Waals surface area contributed by atoms with E-state index in [1.54, 1.807) is 6.20 Å². The van der Waals surface area contributed by atoms with Gasteiger partial charge in [0.1, 0.15) is 0 Å². The van der Waals surface area contributed by atoms with E-state index in [9.17, 15) is 0 Å². The van der Waals surface area contributed by atoms with E-state index < -0.39 is 0 Å². The second-order valence-corrected chi connectivity index (χ2v) is 4.41. The van der Waals surface area contributed by atoms with Crippen molar-refractivity contribution in [1.82, 2.24) is 20.2 Å². The van der Waals surface area contributed by atoms with Gasteiger partial charge in [0, 0.05) is 32.0 Å². The van der Waals surface area contributed by atoms with Crippen LogP contribution in [-0.2, 0) is 13.1 Å². The second kappa shape index (κ2) is 7.99. The first-order valence-electron chi connectivity index (χ1n) is 6.90. The van der Waals surface area contributed by atoms with E-state index in [1.807, 2.05) is 35.3 Å². The fraction of sp³-hybridized carbons (Fsp3) is 0.333. The van der Waals surface area contributed by atoms with E-state index in [1.165, 1.54) is 5.56 Å². The van der Waals surface area contributed by atoms with Crippen molar-refractivity contribution in [1.29, 1.82) is 0 Å². The molecule has 0 amide bonds. The third-order valence-corrected chi connectivity index (χ3v) is 2.83. The second-order valence-electron chi connectivity index (χ2n) is 4.41. The molecule has 2 aromatic rings. The van der Waals surface area contributed by atoms with Crippen LogP contribution in [0.3, 0.4) is 0 Å². The van der Waals surface area contributed by atoms with Gasteiger partial charge in [-0.25, -0.2) is 9.98 Å². The number of nitrogens with one attached hydrogen (secondary N) is 2. The predicted octanol–water partition coefficient (Wildman–Crippen LogP) is 1.64. The topological polar surface area (TPSA) is 54.2 Å². The first-order valence-corrected chi connectivity index (χ1v) is 6.90. The third kappa shape index (κ3) is 4.76. The molecule has 2 N–H and O–H groups in total. The van der Waals surface area contributed by atoms with Crippen molar-refractivity contribution in [2.75, 3.05) is 13.1 Å². The van der Waals surface area contributed by atoms with Gasteiger partial charge >= 0.3 is 0 Å². The van der Waals surface area contributed by atoms with Crippen molar-refractivity contribution in [2.45, 2.75) is 20.0 Å². The zero-order valence-corrected chi connectivity index (χ0v) is 11.8. The highest BCUT2D eigenvalue weighted by Crippen LogP contribution is 1.99. The SMILES string of the molecule is CCNC(=NCc1ccccc1)NCCn1ccnc1. The van der Waals surface area contributed by atoms with Crippen LogP contribution in [0, 0.1) is 0 Å². The van der Waals surface area contributed by atoms with Gasteiger partial charge < -0.3 is 15.2 Å². The average molecular weight is 271 g/mol. The van der Waals surface area contributed by atoms with Gasteiger partial charge in [-0.05, 0) is 12.5 Å². The smallest absolute Gasteiger partial charge is 0.191 e. The third-order valence-electron chi connectivity index (χ3n) is 2.83. The molecular formula is C15H21N5. The van der Waals surface area contributed by atoms with E-state index in [4.69, 9.17) is 0 Å². The van der Waals surface area contributed by atoms with Crippen molar-refractivity contribution in [3.63, 3.8) is 0 Å². The lowest BCUT2D eigenvalue weighted by Crippen LogP contribution is -2.38. The molecule has 0 aliphatic carbocycles. The summed E-state index contributed by atoms with van der Waals surface area (Å²) in [6.45, 7) is 5.29. The Labute approximate surface area is 119 Å². The van der Waals surface area contributed by atoms with Gasteiger partial charge in [-0.3, -0.25) is 0 Å². The summed E-state index contributed by atoms with van der Waals surface area (Å²) in [6, 6.07) is 10.2. The summed E-state index contributed by atoms with van der Waals surface area (Å²) in [4.78, 5) is 8.59. The Morgan fingerprint density at radius 1 is 1.25 bits per heavy atom. The Morgan fingerprint density at radius 2 is 2.10 bits per heavy atom. The Morgan fingerprint density at radius 3 is 2.80 bits per heavy atom. The number of aromatic nitrogens is 2. The largest absolute Gasteiger partial charge is 0.357 e. The quantitative estimate of drug-likeness (QED) is 0.620. The molecule has 0 unspecified atom stereocenters. The van der Waals surface area contributed by atoms with Gasteiger partial charge in [0.05, 0.1) is 12.9 Å². The van der Waals surface area contributed by atoms with Crippen LogP contribution in [-0.4, -0.2) is 28.6 Å². The Hall–Kier alpha value is -2.30. The van der Waals surface area contributed by atoms with Crippen LogP contribution in [0.5, 0.6) is 0 Å². The normalized spacial score (nSPS) is 11.3. The lowest BCUT2D eigenvalue weighted by atomic mass is 10.2. The molecule has 0 fully saturated rings. The van der Waals surface area contributed by atoms with E-state index in [0.29, 0.717) is 6.54 Å². The van der Waals surface area contributed by atoms with Gasteiger partial charge in [0.15, 0.2) is 5.96 Å². The molecule has 5 nitrogen and oxygen atoms in total. The first-order chi connectivity index (χ1) is 9.88. The van der Waals surface area contributed by atoms with Crippen molar-refractivity contribution in [3.8, 4) is 0 Å². The van der Waals surface area contributed by atoms with Crippen LogP contribution in [0.25, 0.3) is 0 Å². The van der Waals surface area contributed by atoms with Crippen LogP contribution in [0.4, 0.5) is 0 Å². The monoisotopic (exact) mass is 271 g/mol. The standard InChI is InChI=1S/C15H21N5/c1-2-17-15(18-9-11-20-10-8-16-13-20)19-12-14-6-4-3-5-7-14/h3-8,10,13H,2,9,11-12H2,1H3,(H2,17,18,19). The van der Waals surface area contributed by atoms with Crippen molar-refractivity contribution >= 4 is 5.96 Å². The summed E-state index contributed by atoms with van der Waals surface area (Å²) in [5.41, 5.74) is 1.21. The Balaban J connectivity index is 1.82. The minimum absolute atomic E-state index is 0.682. The number of rotatable bonds is 6. The Bertz CT molecular complexity index is 504. The maximum absolute atomic E-state index is 4.57. The zero-order chi connectivity index (χ0) is 14.0. The van der Waals surface area contributed by atoms with E-state index in [0.717, 1.165) is 25.6 Å². The van der Waals surface area contributed by atoms with Crippen LogP contribution in [0.15, 0.2) is 54.0 Å². The predicted molar refractivity (Wildman–Crippen MR) is 81.5 cm³/mol. The van der Waals surface area contributed by atoms with E-state index in [2.05, 4.69) is 39.7 Å². The number of hydrogen-bond acceptors (Lipinski definition) is 2. The van der Waals surface area contributed by atoms with Crippen molar-refractivity contribution < 1.29 is 0 Å². The van der Waals surface area contributed by atoms with Gasteiger partial charge in [-0.15, -0.1) is 0 Å². The molecule has 0 aliphatic rings. The molecule has 0 saturated carbocycles. The van der Waals surface area contributed by atoms with Gasteiger partial charge in [0.2, 0.25) is 0 Å². The maximum Gasteiger partial charge on any atom is 0.191 e. The van der Waals surface area contributed by atoms with Crippen LogP contribution >= 0.6 is 0 Å². The molecule has 20 heavy (non-hydrogen) atoms. The molecule has 5 heteroatoms. The number of nitrogens with zero attached hydrogens (tertiary/aromatic N) is 3. The number of benzene rings is 1. The minimum Gasteiger partial charge on any atom is -0.357 e. The lowest BCUT2D eigenvalue weighted by molar-refractivity contribution is 0.662. The molecule has 0 atom stereocenters. The van der Waals surface area contributed by atoms with Crippen LogP contribution in [0.2, 0.25) is 0 Å². The number of aliphatic imine (C=N–C) groups is 1. The number of guanidine groups is 1. The Kier molecular flexibility index (Phi) is 5.64. The summed E-state index contributed by atoms with van der Waals surface area (Å²) in [5, 5.41) is 6.57. The van der Waals surface area contributed by atoms with Gasteiger partial charge in [0.25, 0.3) is 0 Å². The molecule has 0 radical (unpaired) electrons. The molecular weight excluding hydrogens is 250 g/mol. The molecule has 106 valence electrons. The summed E-state index contributed by atoms with van der Waals surface area (Å²) in [6.07, 6.45) is 5.56. The molecule has 1 aromatic heterocycles. The highest BCUT2D eigenvalue weighted by molar-refractivity contribution is 5.79. The summed E-state index contributed by atoms with van der Waals surface area (Å²) < 4.78 is 2.04. The summed E-state index contributed by atoms with van der Waals surface area (Å²) >= 11 is 0.